The molecule has 0 radical (unpaired) electrons. The van der Waals surface area contributed by atoms with Gasteiger partial charge in [0.05, 0.1) is 25.6 Å². The van der Waals surface area contributed by atoms with Crippen molar-refractivity contribution in [2.24, 2.45) is 0 Å². The van der Waals surface area contributed by atoms with Gasteiger partial charge in [-0.05, 0) is 12.1 Å². The van der Waals surface area contributed by atoms with Gasteiger partial charge in [0, 0.05) is 12.2 Å². The topological polar surface area (TPSA) is 42.6 Å². The number of ether oxygens (including phenoxy) is 1. The molecule has 0 amide bonds. The van der Waals surface area contributed by atoms with Crippen LogP contribution >= 0.6 is 11.8 Å². The summed E-state index contributed by atoms with van der Waals surface area (Å²) in [6.07, 6.45) is 0.949. The number of thioether (sulfide) groups is 1. The van der Waals surface area contributed by atoms with Crippen molar-refractivity contribution in [2.75, 3.05) is 25.6 Å². The SMILES string of the molecule is CCc1ccc(CSCCOCCO)o1. The van der Waals surface area contributed by atoms with Gasteiger partial charge in [-0.3, -0.25) is 0 Å². The lowest BCUT2D eigenvalue weighted by molar-refractivity contribution is 0.103. The average Bonchev–Trinajstić information content (AvgIpc) is 2.71. The van der Waals surface area contributed by atoms with Crippen molar-refractivity contribution < 1.29 is 14.3 Å². The fourth-order valence-corrected chi connectivity index (χ4v) is 1.88. The molecule has 0 aliphatic heterocycles. The highest BCUT2D eigenvalue weighted by Gasteiger charge is 2.00. The second-order valence-electron chi connectivity index (χ2n) is 3.11. The van der Waals surface area contributed by atoms with Crippen LogP contribution in [0.4, 0.5) is 0 Å². The summed E-state index contributed by atoms with van der Waals surface area (Å²) in [6.45, 7) is 3.30. The van der Waals surface area contributed by atoms with Gasteiger partial charge in [0.2, 0.25) is 0 Å². The maximum atomic E-state index is 8.48. The highest BCUT2D eigenvalue weighted by Crippen LogP contribution is 2.15. The summed E-state index contributed by atoms with van der Waals surface area (Å²) in [6, 6.07) is 4.05. The Labute approximate surface area is 94.8 Å². The first-order chi connectivity index (χ1) is 7.36. The van der Waals surface area contributed by atoms with Crippen molar-refractivity contribution in [3.8, 4) is 0 Å². The van der Waals surface area contributed by atoms with Crippen LogP contribution in [-0.4, -0.2) is 30.7 Å². The van der Waals surface area contributed by atoms with Crippen LogP contribution in [-0.2, 0) is 16.9 Å². The summed E-state index contributed by atoms with van der Waals surface area (Å²) < 4.78 is 10.7. The number of aliphatic hydroxyl groups is 1. The molecular formula is C11H18O3S. The molecule has 0 bridgehead atoms. The first kappa shape index (κ1) is 12.6. The van der Waals surface area contributed by atoms with E-state index in [-0.39, 0.29) is 6.61 Å². The Morgan fingerprint density at radius 3 is 2.80 bits per heavy atom. The molecule has 0 aliphatic rings. The molecule has 0 aromatic carbocycles. The molecule has 1 N–H and O–H groups in total. The molecule has 1 rings (SSSR count). The molecule has 0 saturated heterocycles. The third-order valence-corrected chi connectivity index (χ3v) is 2.86. The van der Waals surface area contributed by atoms with E-state index in [0.29, 0.717) is 13.2 Å². The molecule has 1 aromatic heterocycles. The number of rotatable bonds is 8. The molecule has 4 heteroatoms. The van der Waals surface area contributed by atoms with E-state index in [2.05, 4.69) is 6.92 Å². The number of hydrogen-bond acceptors (Lipinski definition) is 4. The standard InChI is InChI=1S/C11H18O3S/c1-2-10-3-4-11(14-10)9-15-8-7-13-6-5-12/h3-4,12H,2,5-9H2,1H3. The molecule has 0 fully saturated rings. The van der Waals surface area contributed by atoms with Gasteiger partial charge >= 0.3 is 0 Å². The Morgan fingerprint density at radius 2 is 2.13 bits per heavy atom. The molecule has 1 aromatic rings. The van der Waals surface area contributed by atoms with Gasteiger partial charge < -0.3 is 14.3 Å². The fraction of sp³-hybridized carbons (Fsp3) is 0.636. The number of furan rings is 1. The van der Waals surface area contributed by atoms with Crippen LogP contribution < -0.4 is 0 Å². The predicted molar refractivity (Wildman–Crippen MR) is 62.2 cm³/mol. The molecular weight excluding hydrogens is 212 g/mol. The minimum absolute atomic E-state index is 0.0999. The molecule has 0 aliphatic carbocycles. The zero-order valence-corrected chi connectivity index (χ0v) is 9.89. The average molecular weight is 230 g/mol. The van der Waals surface area contributed by atoms with Crippen molar-refractivity contribution in [3.63, 3.8) is 0 Å². The van der Waals surface area contributed by atoms with E-state index in [0.717, 1.165) is 29.4 Å². The van der Waals surface area contributed by atoms with Crippen molar-refractivity contribution >= 4 is 11.8 Å². The zero-order chi connectivity index (χ0) is 10.9. The number of aryl methyl sites for hydroxylation is 1. The van der Waals surface area contributed by atoms with E-state index in [1.165, 1.54) is 0 Å². The molecule has 1 heterocycles. The van der Waals surface area contributed by atoms with Crippen LogP contribution in [0.1, 0.15) is 18.4 Å². The van der Waals surface area contributed by atoms with Gasteiger partial charge in [0.25, 0.3) is 0 Å². The highest BCUT2D eigenvalue weighted by molar-refractivity contribution is 7.98. The van der Waals surface area contributed by atoms with Crippen LogP contribution in [0.2, 0.25) is 0 Å². The van der Waals surface area contributed by atoms with Gasteiger partial charge in [-0.1, -0.05) is 6.92 Å². The highest BCUT2D eigenvalue weighted by atomic mass is 32.2. The summed E-state index contributed by atoms with van der Waals surface area (Å²) in [4.78, 5) is 0. The van der Waals surface area contributed by atoms with Crippen molar-refractivity contribution in [2.45, 2.75) is 19.1 Å². The Bertz CT molecular complexity index is 260. The van der Waals surface area contributed by atoms with Gasteiger partial charge in [-0.25, -0.2) is 0 Å². The van der Waals surface area contributed by atoms with E-state index in [1.807, 2.05) is 12.1 Å². The van der Waals surface area contributed by atoms with Crippen molar-refractivity contribution in [1.82, 2.24) is 0 Å². The summed E-state index contributed by atoms with van der Waals surface area (Å²) in [5.41, 5.74) is 0. The Morgan fingerprint density at radius 1 is 1.33 bits per heavy atom. The monoisotopic (exact) mass is 230 g/mol. The second-order valence-corrected chi connectivity index (χ2v) is 4.22. The third-order valence-electron chi connectivity index (χ3n) is 1.92. The molecule has 0 unspecified atom stereocenters. The lowest BCUT2D eigenvalue weighted by Gasteiger charge is -2.00. The van der Waals surface area contributed by atoms with Crippen LogP contribution in [0, 0.1) is 0 Å². The van der Waals surface area contributed by atoms with Crippen LogP contribution in [0.5, 0.6) is 0 Å². The van der Waals surface area contributed by atoms with E-state index in [4.69, 9.17) is 14.3 Å². The quantitative estimate of drug-likeness (QED) is 0.694. The van der Waals surface area contributed by atoms with E-state index >= 15 is 0 Å². The lowest BCUT2D eigenvalue weighted by Crippen LogP contribution is -2.02. The lowest BCUT2D eigenvalue weighted by atomic mass is 10.4. The van der Waals surface area contributed by atoms with Crippen LogP contribution in [0.25, 0.3) is 0 Å². The smallest absolute Gasteiger partial charge is 0.114 e. The largest absolute Gasteiger partial charge is 0.465 e. The van der Waals surface area contributed by atoms with Crippen molar-refractivity contribution in [3.05, 3.63) is 23.7 Å². The fourth-order valence-electron chi connectivity index (χ4n) is 1.15. The Balaban J connectivity index is 2.04. The Hall–Kier alpha value is -0.450. The third kappa shape index (κ3) is 5.25. The van der Waals surface area contributed by atoms with E-state index in [9.17, 15) is 0 Å². The van der Waals surface area contributed by atoms with Gasteiger partial charge in [0.15, 0.2) is 0 Å². The Kier molecular flexibility index (Phi) is 6.55. The number of hydrogen-bond donors (Lipinski definition) is 1. The van der Waals surface area contributed by atoms with Gasteiger partial charge in [0.1, 0.15) is 11.5 Å². The maximum absolute atomic E-state index is 8.48. The summed E-state index contributed by atoms with van der Waals surface area (Å²) in [5, 5.41) is 8.48. The predicted octanol–water partition coefficient (Wildman–Crippen LogP) is 2.08. The minimum atomic E-state index is 0.0999. The maximum Gasteiger partial charge on any atom is 0.114 e. The molecule has 0 saturated carbocycles. The van der Waals surface area contributed by atoms with Crippen LogP contribution in [0.3, 0.4) is 0 Å². The van der Waals surface area contributed by atoms with Crippen LogP contribution in [0.15, 0.2) is 16.5 Å². The van der Waals surface area contributed by atoms with E-state index < -0.39 is 0 Å². The number of aliphatic hydroxyl groups excluding tert-OH is 1. The van der Waals surface area contributed by atoms with Gasteiger partial charge in [-0.2, -0.15) is 11.8 Å². The summed E-state index contributed by atoms with van der Waals surface area (Å²) >= 11 is 1.78. The summed E-state index contributed by atoms with van der Waals surface area (Å²) in [7, 11) is 0. The minimum Gasteiger partial charge on any atom is -0.465 e. The normalized spacial score (nSPS) is 10.8. The molecule has 15 heavy (non-hydrogen) atoms. The molecule has 0 spiro atoms. The van der Waals surface area contributed by atoms with Gasteiger partial charge in [-0.15, -0.1) is 0 Å². The zero-order valence-electron chi connectivity index (χ0n) is 9.07. The summed E-state index contributed by atoms with van der Waals surface area (Å²) in [5.74, 6) is 3.89. The first-order valence-electron chi connectivity index (χ1n) is 5.20. The second kappa shape index (κ2) is 7.79. The molecule has 86 valence electrons. The first-order valence-corrected chi connectivity index (χ1v) is 6.36. The van der Waals surface area contributed by atoms with E-state index in [1.54, 1.807) is 11.8 Å². The van der Waals surface area contributed by atoms with Crippen molar-refractivity contribution in [1.29, 1.82) is 0 Å². The molecule has 3 nitrogen and oxygen atoms in total. The molecule has 0 atom stereocenters.